The molecule has 0 bridgehead atoms. The third-order valence-corrected chi connectivity index (χ3v) is 13.0. The number of carboxylic acid groups (broad SMARTS) is 1. The van der Waals surface area contributed by atoms with Gasteiger partial charge in [-0.2, -0.15) is 0 Å². The highest BCUT2D eigenvalue weighted by molar-refractivity contribution is 7.54. The summed E-state index contributed by atoms with van der Waals surface area (Å²) in [7, 11) is -3.87. The van der Waals surface area contributed by atoms with Gasteiger partial charge >= 0.3 is 13.6 Å². The van der Waals surface area contributed by atoms with Crippen LogP contribution in [-0.4, -0.2) is 51.7 Å². The molecule has 192 valence electrons. The lowest BCUT2D eigenvalue weighted by atomic mass is 10.1. The third kappa shape index (κ3) is 7.69. The van der Waals surface area contributed by atoms with Crippen LogP contribution in [0.2, 0.25) is 5.04 Å². The summed E-state index contributed by atoms with van der Waals surface area (Å²) >= 11 is 0. The zero-order valence-corrected chi connectivity index (χ0v) is 23.1. The second kappa shape index (κ2) is 12.7. The molecule has 0 aromatic heterocycles. The van der Waals surface area contributed by atoms with Crippen molar-refractivity contribution < 1.29 is 32.7 Å². The zero-order chi connectivity index (χ0) is 26.1. The largest absolute Gasteiger partial charge is 0.481 e. The highest BCUT2D eigenvalue weighted by Crippen LogP contribution is 2.46. The summed E-state index contributed by atoms with van der Waals surface area (Å²) in [5, 5.41) is 11.5. The van der Waals surface area contributed by atoms with E-state index in [1.165, 1.54) is 14.2 Å². The molecule has 2 rings (SSSR count). The molecule has 9 heteroatoms. The summed E-state index contributed by atoms with van der Waals surface area (Å²) < 4.78 is 28.9. The Morgan fingerprint density at radius 3 is 1.83 bits per heavy atom. The minimum absolute atomic E-state index is 0.136. The number of aliphatic carboxylic acids is 1. The molecule has 0 aliphatic carbocycles. The van der Waals surface area contributed by atoms with Crippen LogP contribution in [-0.2, 0) is 27.6 Å². The fourth-order valence-electron chi connectivity index (χ4n) is 4.36. The molecule has 7 nitrogen and oxygen atoms in total. The number of ketones is 1. The average Bonchev–Trinajstić information content (AvgIpc) is 2.82. The Bertz CT molecular complexity index is 958. The summed E-state index contributed by atoms with van der Waals surface area (Å²) in [5.41, 5.74) is 0. The maximum atomic E-state index is 12.4. The maximum absolute atomic E-state index is 12.4. The second-order valence-electron chi connectivity index (χ2n) is 9.57. The normalized spacial score (nSPS) is 13.4. The van der Waals surface area contributed by atoms with Gasteiger partial charge in [0.15, 0.2) is 0 Å². The molecule has 0 saturated heterocycles. The fraction of sp³-hybridized carbons (Fsp3) is 0.462. The molecule has 2 aromatic carbocycles. The smallest absolute Gasteiger partial charge is 0.337 e. The van der Waals surface area contributed by atoms with Crippen molar-refractivity contribution in [1.29, 1.82) is 0 Å². The van der Waals surface area contributed by atoms with E-state index in [0.29, 0.717) is 12.8 Å². The molecule has 2 aromatic rings. The zero-order valence-electron chi connectivity index (χ0n) is 21.2. The van der Waals surface area contributed by atoms with E-state index in [0.717, 1.165) is 10.4 Å². The Hall–Kier alpha value is -2.09. The van der Waals surface area contributed by atoms with Crippen molar-refractivity contribution in [3.63, 3.8) is 0 Å². The number of carbonyl (C=O) groups is 2. The molecule has 1 atom stereocenters. The van der Waals surface area contributed by atoms with Crippen molar-refractivity contribution >= 4 is 38.0 Å². The van der Waals surface area contributed by atoms with Gasteiger partial charge in [0.05, 0.1) is 12.5 Å². The molecule has 0 heterocycles. The Morgan fingerprint density at radius 1 is 0.943 bits per heavy atom. The van der Waals surface area contributed by atoms with Gasteiger partial charge in [-0.25, -0.2) is 0 Å². The number of carboxylic acids is 1. The first-order chi connectivity index (χ1) is 16.5. The highest BCUT2D eigenvalue weighted by atomic mass is 31.2. The van der Waals surface area contributed by atoms with E-state index in [4.69, 9.17) is 13.5 Å². The van der Waals surface area contributed by atoms with Crippen molar-refractivity contribution in [2.24, 2.45) is 0 Å². The number of carbonyl (C=O) groups excluding carboxylic acids is 1. The quantitative estimate of drug-likeness (QED) is 0.286. The van der Waals surface area contributed by atoms with Crippen LogP contribution in [0.25, 0.3) is 0 Å². The maximum Gasteiger partial charge on any atom is 0.337 e. The van der Waals surface area contributed by atoms with E-state index in [1.807, 2.05) is 36.4 Å². The number of hydrogen-bond donors (Lipinski definition) is 1. The van der Waals surface area contributed by atoms with Gasteiger partial charge in [-0.05, 0) is 28.3 Å². The molecule has 0 fully saturated rings. The molecule has 0 aliphatic rings. The van der Waals surface area contributed by atoms with Gasteiger partial charge in [0, 0.05) is 20.6 Å². The van der Waals surface area contributed by atoms with Crippen LogP contribution in [0.15, 0.2) is 60.7 Å². The van der Waals surface area contributed by atoms with Gasteiger partial charge in [0.1, 0.15) is 11.9 Å². The lowest BCUT2D eigenvalue weighted by Gasteiger charge is -2.45. The summed E-state index contributed by atoms with van der Waals surface area (Å²) in [5.74, 6) is -1.21. The van der Waals surface area contributed by atoms with Crippen molar-refractivity contribution in [3.8, 4) is 0 Å². The van der Waals surface area contributed by atoms with E-state index in [-0.39, 0.29) is 29.8 Å². The van der Waals surface area contributed by atoms with E-state index in [1.54, 1.807) is 0 Å². The van der Waals surface area contributed by atoms with E-state index >= 15 is 0 Å². The molecule has 35 heavy (non-hydrogen) atoms. The topological polar surface area (TPSA) is 99.1 Å². The van der Waals surface area contributed by atoms with Gasteiger partial charge in [0.25, 0.3) is 8.32 Å². The summed E-state index contributed by atoms with van der Waals surface area (Å²) in [6.07, 6.45) is -0.151. The summed E-state index contributed by atoms with van der Waals surface area (Å²) in [6, 6.07) is 20.0. The van der Waals surface area contributed by atoms with Crippen LogP contribution >= 0.6 is 7.60 Å². The molecule has 0 radical (unpaired) electrons. The lowest BCUT2D eigenvalue weighted by Crippen LogP contribution is -2.67. The molecule has 1 N–H and O–H groups in total. The van der Waals surface area contributed by atoms with Crippen LogP contribution in [0.3, 0.4) is 0 Å². The van der Waals surface area contributed by atoms with Gasteiger partial charge in [-0.15, -0.1) is 0 Å². The van der Waals surface area contributed by atoms with E-state index in [9.17, 15) is 19.3 Å². The summed E-state index contributed by atoms with van der Waals surface area (Å²) in [6.45, 7) is 6.40. The first-order valence-electron chi connectivity index (χ1n) is 11.7. The van der Waals surface area contributed by atoms with Crippen molar-refractivity contribution in [2.75, 3.05) is 20.4 Å². The van der Waals surface area contributed by atoms with Crippen LogP contribution < -0.4 is 10.4 Å². The highest BCUT2D eigenvalue weighted by Gasteiger charge is 2.51. The first-order valence-corrected chi connectivity index (χ1v) is 15.3. The van der Waals surface area contributed by atoms with Crippen LogP contribution in [0, 0.1) is 0 Å². The van der Waals surface area contributed by atoms with Gasteiger partial charge in [0.2, 0.25) is 0 Å². The van der Waals surface area contributed by atoms with Crippen LogP contribution in [0.1, 0.15) is 46.5 Å². The number of Topliss-reactive ketones (excluding diaryl/α,β-unsaturated/α-hetero) is 1. The molecule has 0 spiro atoms. The molecule has 0 aliphatic heterocycles. The minimum atomic E-state index is -3.43. The summed E-state index contributed by atoms with van der Waals surface area (Å²) in [4.78, 5) is 24.2. The molecule has 0 amide bonds. The second-order valence-corrected chi connectivity index (χ2v) is 16.1. The molecule has 0 unspecified atom stereocenters. The number of hydrogen-bond acceptors (Lipinski definition) is 6. The standard InChI is InChI=1S/C26H37O7PSi/c1-26(2,3)35(23-15-8-6-9-16-23,24-17-10-7-11-18-24)33-22(19-25(28)29)14-12-13-21(27)20-34(30,31-4)32-5/h6-11,15-18,22H,12-14,19-20H2,1-5H3,(H,28,29)/t22-/m1/s1. The number of benzene rings is 2. The predicted octanol–water partition coefficient (Wildman–Crippen LogP) is 4.63. The van der Waals surface area contributed by atoms with Crippen molar-refractivity contribution in [3.05, 3.63) is 60.7 Å². The SMILES string of the molecule is COP(=O)(CC(=O)CCC[C@H](CC(=O)O)O[Si](c1ccccc1)(c1ccccc1)C(C)(C)C)OC. The van der Waals surface area contributed by atoms with Crippen molar-refractivity contribution in [1.82, 2.24) is 0 Å². The Balaban J connectivity index is 2.36. The Labute approximate surface area is 209 Å². The van der Waals surface area contributed by atoms with Gasteiger partial charge < -0.3 is 18.6 Å². The lowest BCUT2D eigenvalue weighted by molar-refractivity contribution is -0.139. The molecular formula is C26H37O7PSi. The molecular weight excluding hydrogens is 483 g/mol. The number of rotatable bonds is 14. The predicted molar refractivity (Wildman–Crippen MR) is 140 cm³/mol. The van der Waals surface area contributed by atoms with Gasteiger partial charge in [-0.1, -0.05) is 81.4 Å². The Morgan fingerprint density at radius 2 is 1.43 bits per heavy atom. The third-order valence-electron chi connectivity index (χ3n) is 6.07. The monoisotopic (exact) mass is 520 g/mol. The fourth-order valence-corrected chi connectivity index (χ4v) is 10.1. The first kappa shape index (κ1) is 29.1. The molecule has 0 saturated carbocycles. The van der Waals surface area contributed by atoms with Crippen molar-refractivity contribution in [2.45, 2.75) is 57.6 Å². The van der Waals surface area contributed by atoms with Crippen LogP contribution in [0.5, 0.6) is 0 Å². The van der Waals surface area contributed by atoms with E-state index in [2.05, 4.69) is 45.0 Å². The average molecular weight is 521 g/mol. The van der Waals surface area contributed by atoms with Crippen LogP contribution in [0.4, 0.5) is 0 Å². The minimum Gasteiger partial charge on any atom is -0.481 e. The van der Waals surface area contributed by atoms with E-state index < -0.39 is 28.0 Å². The Kier molecular flexibility index (Phi) is 10.6. The van der Waals surface area contributed by atoms with Gasteiger partial charge in [-0.3, -0.25) is 14.2 Å².